The van der Waals surface area contributed by atoms with Crippen LogP contribution in [-0.4, -0.2) is 19.2 Å². The van der Waals surface area contributed by atoms with Crippen LogP contribution >= 0.6 is 0 Å². The van der Waals surface area contributed by atoms with E-state index in [2.05, 4.69) is 10.3 Å². The molecular formula is C14H14N2O2S. The molecule has 2 aromatic rings. The molecule has 1 unspecified atom stereocenters. The zero-order valence-corrected chi connectivity index (χ0v) is 11.1. The second-order valence-electron chi connectivity index (χ2n) is 4.61. The topological polar surface area (TPSA) is 59.1 Å². The van der Waals surface area contributed by atoms with Crippen molar-refractivity contribution in [2.75, 3.05) is 5.75 Å². The summed E-state index contributed by atoms with van der Waals surface area (Å²) in [6, 6.07) is 10.9. The average Bonchev–Trinajstić information content (AvgIpc) is 2.70. The quantitative estimate of drug-likeness (QED) is 0.925. The van der Waals surface area contributed by atoms with Gasteiger partial charge in [-0.2, -0.15) is 0 Å². The number of sulfone groups is 1. The van der Waals surface area contributed by atoms with Crippen LogP contribution in [-0.2, 0) is 16.4 Å². The highest BCUT2D eigenvalue weighted by atomic mass is 32.2. The fraction of sp³-hybridized carbons (Fsp3) is 0.214. The summed E-state index contributed by atoms with van der Waals surface area (Å²) in [4.78, 5) is 4.50. The largest absolute Gasteiger partial charge is 0.305 e. The summed E-state index contributed by atoms with van der Waals surface area (Å²) < 4.78 is 24.0. The van der Waals surface area contributed by atoms with Gasteiger partial charge in [-0.05, 0) is 23.3 Å². The predicted molar refractivity (Wildman–Crippen MR) is 72.3 cm³/mol. The van der Waals surface area contributed by atoms with Gasteiger partial charge in [0, 0.05) is 25.0 Å². The third-order valence-electron chi connectivity index (χ3n) is 3.29. The molecule has 0 aliphatic carbocycles. The molecule has 0 radical (unpaired) electrons. The fourth-order valence-corrected chi connectivity index (χ4v) is 4.13. The maximum absolute atomic E-state index is 12.0. The number of aromatic nitrogens is 1. The predicted octanol–water partition coefficient (Wildman–Crippen LogP) is 1.70. The van der Waals surface area contributed by atoms with E-state index in [0.29, 0.717) is 11.4 Å². The Morgan fingerprint density at radius 2 is 2.05 bits per heavy atom. The zero-order chi connectivity index (χ0) is 13.3. The molecular weight excluding hydrogens is 260 g/mol. The average molecular weight is 274 g/mol. The normalized spacial score (nSPS) is 20.1. The van der Waals surface area contributed by atoms with Crippen LogP contribution in [0.2, 0.25) is 0 Å². The molecule has 5 heteroatoms. The standard InChI is InChI=1S/C14H14N2O2S/c17-19(18)10-13(12-5-1-2-6-14(12)19)16-9-11-4-3-7-15-8-11/h1-8,13,16H,9-10H2. The molecule has 4 nitrogen and oxygen atoms in total. The summed E-state index contributed by atoms with van der Waals surface area (Å²) in [5.74, 6) is 0.132. The smallest absolute Gasteiger partial charge is 0.180 e. The summed E-state index contributed by atoms with van der Waals surface area (Å²) in [5, 5.41) is 3.29. The highest BCUT2D eigenvalue weighted by Crippen LogP contribution is 2.32. The number of hydrogen-bond donors (Lipinski definition) is 1. The number of pyridine rings is 1. The van der Waals surface area contributed by atoms with E-state index >= 15 is 0 Å². The summed E-state index contributed by atoms with van der Waals surface area (Å²) in [6.07, 6.45) is 3.50. The molecule has 1 aromatic carbocycles. The lowest BCUT2D eigenvalue weighted by atomic mass is 10.1. The van der Waals surface area contributed by atoms with E-state index in [4.69, 9.17) is 0 Å². The maximum Gasteiger partial charge on any atom is 0.180 e. The lowest BCUT2D eigenvalue weighted by molar-refractivity contribution is 0.566. The molecule has 98 valence electrons. The fourth-order valence-electron chi connectivity index (χ4n) is 2.36. The number of nitrogens with one attached hydrogen (secondary N) is 1. The highest BCUT2D eigenvalue weighted by molar-refractivity contribution is 7.91. The molecule has 1 atom stereocenters. The first-order valence-corrected chi connectivity index (χ1v) is 7.76. The van der Waals surface area contributed by atoms with Gasteiger partial charge in [-0.25, -0.2) is 8.42 Å². The summed E-state index contributed by atoms with van der Waals surface area (Å²) in [7, 11) is -3.14. The molecule has 0 saturated carbocycles. The van der Waals surface area contributed by atoms with Gasteiger partial charge >= 0.3 is 0 Å². The van der Waals surface area contributed by atoms with Gasteiger partial charge in [0.2, 0.25) is 0 Å². The SMILES string of the molecule is O=S1(=O)CC(NCc2cccnc2)c2ccccc21. The van der Waals surface area contributed by atoms with Gasteiger partial charge < -0.3 is 5.32 Å². The number of hydrogen-bond acceptors (Lipinski definition) is 4. The molecule has 19 heavy (non-hydrogen) atoms. The van der Waals surface area contributed by atoms with Crippen LogP contribution in [0.4, 0.5) is 0 Å². The summed E-state index contributed by atoms with van der Waals surface area (Å²) in [5.41, 5.74) is 1.91. The van der Waals surface area contributed by atoms with Crippen molar-refractivity contribution in [2.45, 2.75) is 17.5 Å². The molecule has 0 fully saturated rings. The van der Waals surface area contributed by atoms with Crippen molar-refractivity contribution in [3.8, 4) is 0 Å². The van der Waals surface area contributed by atoms with Crippen molar-refractivity contribution in [2.24, 2.45) is 0 Å². The van der Waals surface area contributed by atoms with E-state index in [1.54, 1.807) is 24.5 Å². The van der Waals surface area contributed by atoms with E-state index in [1.807, 2.05) is 24.3 Å². The minimum atomic E-state index is -3.14. The molecule has 1 aliphatic rings. The molecule has 0 amide bonds. The van der Waals surface area contributed by atoms with Gasteiger partial charge in [0.25, 0.3) is 0 Å². The second-order valence-corrected chi connectivity index (χ2v) is 6.62. The first-order valence-electron chi connectivity index (χ1n) is 6.11. The van der Waals surface area contributed by atoms with E-state index in [0.717, 1.165) is 11.1 Å². The monoisotopic (exact) mass is 274 g/mol. The Hall–Kier alpha value is -1.72. The van der Waals surface area contributed by atoms with Crippen LogP contribution in [0.25, 0.3) is 0 Å². The zero-order valence-electron chi connectivity index (χ0n) is 10.3. The van der Waals surface area contributed by atoms with Gasteiger partial charge in [0.15, 0.2) is 9.84 Å². The van der Waals surface area contributed by atoms with Crippen molar-refractivity contribution in [3.63, 3.8) is 0 Å². The minimum absolute atomic E-state index is 0.132. The Balaban J connectivity index is 1.81. The van der Waals surface area contributed by atoms with Crippen LogP contribution in [0.1, 0.15) is 17.2 Å². The van der Waals surface area contributed by atoms with Crippen molar-refractivity contribution in [1.82, 2.24) is 10.3 Å². The van der Waals surface area contributed by atoms with Crippen molar-refractivity contribution < 1.29 is 8.42 Å². The third kappa shape index (κ3) is 2.39. The molecule has 0 spiro atoms. The molecule has 3 rings (SSSR count). The van der Waals surface area contributed by atoms with Crippen LogP contribution in [0.5, 0.6) is 0 Å². The van der Waals surface area contributed by atoms with E-state index in [1.165, 1.54) is 0 Å². The maximum atomic E-state index is 12.0. The Bertz CT molecular complexity index is 684. The molecule has 1 N–H and O–H groups in total. The molecule has 0 bridgehead atoms. The third-order valence-corrected chi connectivity index (χ3v) is 5.11. The Labute approximate surface area is 112 Å². The van der Waals surface area contributed by atoms with Gasteiger partial charge in [0.05, 0.1) is 10.6 Å². The minimum Gasteiger partial charge on any atom is -0.305 e. The Morgan fingerprint density at radius 3 is 2.84 bits per heavy atom. The van der Waals surface area contributed by atoms with Crippen LogP contribution < -0.4 is 5.32 Å². The second kappa shape index (κ2) is 4.75. The van der Waals surface area contributed by atoms with Gasteiger partial charge in [-0.15, -0.1) is 0 Å². The van der Waals surface area contributed by atoms with Crippen molar-refractivity contribution in [1.29, 1.82) is 0 Å². The first kappa shape index (κ1) is 12.3. The van der Waals surface area contributed by atoms with Crippen molar-refractivity contribution in [3.05, 3.63) is 59.9 Å². The van der Waals surface area contributed by atoms with Gasteiger partial charge in [0.1, 0.15) is 0 Å². The Kier molecular flexibility index (Phi) is 3.08. The van der Waals surface area contributed by atoms with E-state index < -0.39 is 9.84 Å². The number of nitrogens with zero attached hydrogens (tertiary/aromatic N) is 1. The number of benzene rings is 1. The van der Waals surface area contributed by atoms with Crippen LogP contribution in [0, 0.1) is 0 Å². The Morgan fingerprint density at radius 1 is 1.21 bits per heavy atom. The summed E-state index contributed by atoms with van der Waals surface area (Å²) >= 11 is 0. The molecule has 0 saturated heterocycles. The number of rotatable bonds is 3. The van der Waals surface area contributed by atoms with Crippen LogP contribution in [0.3, 0.4) is 0 Å². The van der Waals surface area contributed by atoms with E-state index in [-0.39, 0.29) is 11.8 Å². The highest BCUT2D eigenvalue weighted by Gasteiger charge is 2.33. The van der Waals surface area contributed by atoms with Gasteiger partial charge in [-0.3, -0.25) is 4.98 Å². The lowest BCUT2D eigenvalue weighted by Gasteiger charge is -2.12. The van der Waals surface area contributed by atoms with Crippen molar-refractivity contribution >= 4 is 9.84 Å². The van der Waals surface area contributed by atoms with Gasteiger partial charge in [-0.1, -0.05) is 24.3 Å². The van der Waals surface area contributed by atoms with Crippen LogP contribution in [0.15, 0.2) is 53.7 Å². The first-order chi connectivity index (χ1) is 9.17. The molecule has 2 heterocycles. The molecule has 1 aromatic heterocycles. The lowest BCUT2D eigenvalue weighted by Crippen LogP contribution is -2.22. The molecule has 1 aliphatic heterocycles. The number of fused-ring (bicyclic) bond motifs is 1. The van der Waals surface area contributed by atoms with E-state index in [9.17, 15) is 8.42 Å². The summed E-state index contributed by atoms with van der Waals surface area (Å²) in [6.45, 7) is 0.613.